The van der Waals surface area contributed by atoms with Crippen LogP contribution in [0.15, 0.2) is 34.9 Å². The molecule has 2 aromatic heterocycles. The highest BCUT2D eigenvalue weighted by Crippen LogP contribution is 2.18. The summed E-state index contributed by atoms with van der Waals surface area (Å²) in [5, 5.41) is 4.16. The smallest absolute Gasteiger partial charge is 0.240 e. The standard InChI is InChI=1S/C17H19N5O2S/c1-10-7-11(2)15(12(3)8-10)13(23)9-21-17(25)22(16(18)20-21)19-14-5-4-6-24-14/h4-8,19H,9H2,1-3H3,(H2,18,20). The number of nitrogens with zero attached hydrogens (tertiary/aromatic N) is 3. The molecular formula is C17H19N5O2S. The van der Waals surface area contributed by atoms with Gasteiger partial charge in [-0.15, -0.1) is 5.10 Å². The Morgan fingerprint density at radius 2 is 2.00 bits per heavy atom. The Labute approximate surface area is 150 Å². The first-order chi connectivity index (χ1) is 11.9. The van der Waals surface area contributed by atoms with Crippen LogP contribution in [-0.2, 0) is 6.54 Å². The van der Waals surface area contributed by atoms with E-state index in [1.165, 1.54) is 15.6 Å². The number of nitrogens with one attached hydrogen (secondary N) is 1. The molecule has 1 aromatic carbocycles. The molecule has 2 heterocycles. The lowest BCUT2D eigenvalue weighted by Gasteiger charge is -2.10. The average Bonchev–Trinajstić information content (AvgIpc) is 3.11. The molecule has 130 valence electrons. The third kappa shape index (κ3) is 3.34. The zero-order valence-corrected chi connectivity index (χ0v) is 15.1. The summed E-state index contributed by atoms with van der Waals surface area (Å²) in [6.07, 6.45) is 1.53. The van der Waals surface area contributed by atoms with Gasteiger partial charge in [0.05, 0.1) is 6.26 Å². The number of carbonyl (C=O) groups excluding carboxylic acids is 1. The quantitative estimate of drug-likeness (QED) is 0.538. The van der Waals surface area contributed by atoms with Crippen LogP contribution in [-0.4, -0.2) is 20.2 Å². The molecule has 3 aromatic rings. The zero-order chi connectivity index (χ0) is 18.1. The molecule has 0 bridgehead atoms. The number of ketones is 1. The summed E-state index contributed by atoms with van der Waals surface area (Å²) in [6, 6.07) is 7.44. The predicted molar refractivity (Wildman–Crippen MR) is 98.2 cm³/mol. The van der Waals surface area contributed by atoms with Crippen LogP contribution in [0.25, 0.3) is 0 Å². The highest BCUT2D eigenvalue weighted by Gasteiger charge is 2.17. The average molecular weight is 357 g/mol. The zero-order valence-electron chi connectivity index (χ0n) is 14.2. The van der Waals surface area contributed by atoms with Gasteiger partial charge in [-0.05, 0) is 50.2 Å². The minimum absolute atomic E-state index is 0.0145. The van der Waals surface area contributed by atoms with Gasteiger partial charge in [-0.2, -0.15) is 4.68 Å². The maximum absolute atomic E-state index is 12.8. The molecule has 0 aliphatic heterocycles. The van der Waals surface area contributed by atoms with E-state index in [0.29, 0.717) is 11.4 Å². The lowest BCUT2D eigenvalue weighted by Crippen LogP contribution is -2.16. The van der Waals surface area contributed by atoms with Crippen LogP contribution >= 0.6 is 12.2 Å². The van der Waals surface area contributed by atoms with Gasteiger partial charge in [-0.25, -0.2) is 4.68 Å². The van der Waals surface area contributed by atoms with Crippen LogP contribution in [0.2, 0.25) is 0 Å². The van der Waals surface area contributed by atoms with E-state index in [0.717, 1.165) is 16.7 Å². The second-order valence-electron chi connectivity index (χ2n) is 5.92. The summed E-state index contributed by atoms with van der Waals surface area (Å²) >= 11 is 5.37. The molecule has 7 nitrogen and oxygen atoms in total. The number of rotatable bonds is 5. The van der Waals surface area contributed by atoms with Crippen LogP contribution in [0.4, 0.5) is 11.8 Å². The van der Waals surface area contributed by atoms with Gasteiger partial charge in [0, 0.05) is 11.6 Å². The Hall–Kier alpha value is -2.87. The number of furan rings is 1. The maximum atomic E-state index is 12.8. The summed E-state index contributed by atoms with van der Waals surface area (Å²) in [5.41, 5.74) is 12.5. The Morgan fingerprint density at radius 1 is 1.32 bits per heavy atom. The molecule has 0 amide bonds. The third-order valence-corrected chi connectivity index (χ3v) is 4.25. The number of benzene rings is 1. The summed E-state index contributed by atoms with van der Waals surface area (Å²) in [5.74, 6) is 0.555. The van der Waals surface area contributed by atoms with Crippen molar-refractivity contribution in [1.82, 2.24) is 14.5 Å². The van der Waals surface area contributed by atoms with Gasteiger partial charge in [0.1, 0.15) is 6.54 Å². The van der Waals surface area contributed by atoms with Gasteiger partial charge in [-0.3, -0.25) is 10.2 Å². The molecule has 0 spiro atoms. The van der Waals surface area contributed by atoms with E-state index < -0.39 is 0 Å². The van der Waals surface area contributed by atoms with E-state index in [9.17, 15) is 4.79 Å². The number of aryl methyl sites for hydroxylation is 3. The van der Waals surface area contributed by atoms with Crippen LogP contribution in [0.3, 0.4) is 0 Å². The van der Waals surface area contributed by atoms with Crippen molar-refractivity contribution >= 4 is 29.8 Å². The highest BCUT2D eigenvalue weighted by molar-refractivity contribution is 7.71. The van der Waals surface area contributed by atoms with E-state index in [4.69, 9.17) is 22.4 Å². The molecule has 3 N–H and O–H groups in total. The Balaban J connectivity index is 1.89. The van der Waals surface area contributed by atoms with Gasteiger partial charge < -0.3 is 10.2 Å². The summed E-state index contributed by atoms with van der Waals surface area (Å²) in [4.78, 5) is 12.8. The second kappa shape index (κ2) is 6.56. The summed E-state index contributed by atoms with van der Waals surface area (Å²) in [7, 11) is 0. The molecule has 0 atom stereocenters. The largest absolute Gasteiger partial charge is 0.447 e. The van der Waals surface area contributed by atoms with E-state index in [-0.39, 0.29) is 23.0 Å². The normalized spacial score (nSPS) is 10.8. The first-order valence-electron chi connectivity index (χ1n) is 7.73. The van der Waals surface area contributed by atoms with Gasteiger partial charge in [-0.1, -0.05) is 17.7 Å². The van der Waals surface area contributed by atoms with Crippen LogP contribution in [0, 0.1) is 25.5 Å². The van der Waals surface area contributed by atoms with Gasteiger partial charge in [0.15, 0.2) is 5.78 Å². The monoisotopic (exact) mass is 357 g/mol. The molecule has 3 rings (SSSR count). The molecule has 0 aliphatic carbocycles. The Bertz CT molecular complexity index is 962. The number of hydrogen-bond acceptors (Lipinski definition) is 6. The molecular weight excluding hydrogens is 338 g/mol. The lowest BCUT2D eigenvalue weighted by atomic mass is 9.96. The number of hydrogen-bond donors (Lipinski definition) is 2. The molecule has 0 saturated heterocycles. The number of anilines is 2. The minimum atomic E-state index is -0.0613. The lowest BCUT2D eigenvalue weighted by molar-refractivity contribution is 0.0966. The summed E-state index contributed by atoms with van der Waals surface area (Å²) < 4.78 is 8.30. The van der Waals surface area contributed by atoms with Crippen molar-refractivity contribution < 1.29 is 9.21 Å². The van der Waals surface area contributed by atoms with Crippen molar-refractivity contribution in [1.29, 1.82) is 0 Å². The number of nitrogen functional groups attached to an aromatic ring is 1. The predicted octanol–water partition coefficient (Wildman–Crippen LogP) is 3.27. The van der Waals surface area contributed by atoms with Crippen molar-refractivity contribution in [3.63, 3.8) is 0 Å². The second-order valence-corrected chi connectivity index (χ2v) is 6.28. The number of Topliss-reactive ketones (excluding diaryl/α,β-unsaturated/α-hetero) is 1. The van der Waals surface area contributed by atoms with Crippen molar-refractivity contribution in [3.05, 3.63) is 57.6 Å². The molecule has 25 heavy (non-hydrogen) atoms. The van der Waals surface area contributed by atoms with Crippen molar-refractivity contribution in [3.8, 4) is 0 Å². The molecule has 0 aliphatic rings. The van der Waals surface area contributed by atoms with Crippen molar-refractivity contribution in [2.45, 2.75) is 27.3 Å². The van der Waals surface area contributed by atoms with Crippen LogP contribution in [0.1, 0.15) is 27.0 Å². The van der Waals surface area contributed by atoms with E-state index in [2.05, 4.69) is 10.5 Å². The Morgan fingerprint density at radius 3 is 2.60 bits per heavy atom. The number of nitrogens with two attached hydrogens (primary N) is 1. The van der Waals surface area contributed by atoms with Crippen molar-refractivity contribution in [2.75, 3.05) is 11.2 Å². The van der Waals surface area contributed by atoms with Crippen molar-refractivity contribution in [2.24, 2.45) is 0 Å². The topological polar surface area (TPSA) is 91.0 Å². The first-order valence-corrected chi connectivity index (χ1v) is 8.14. The van der Waals surface area contributed by atoms with Gasteiger partial charge in [0.25, 0.3) is 0 Å². The fourth-order valence-electron chi connectivity index (χ4n) is 2.92. The number of carbonyl (C=O) groups is 1. The maximum Gasteiger partial charge on any atom is 0.240 e. The van der Waals surface area contributed by atoms with Gasteiger partial charge >= 0.3 is 0 Å². The summed E-state index contributed by atoms with van der Waals surface area (Å²) in [6.45, 7) is 5.88. The Kier molecular flexibility index (Phi) is 4.45. The van der Waals surface area contributed by atoms with E-state index in [1.54, 1.807) is 12.1 Å². The van der Waals surface area contributed by atoms with E-state index >= 15 is 0 Å². The third-order valence-electron chi connectivity index (χ3n) is 3.86. The first kappa shape index (κ1) is 17.0. The van der Waals surface area contributed by atoms with Crippen LogP contribution in [0.5, 0.6) is 0 Å². The van der Waals surface area contributed by atoms with E-state index in [1.807, 2.05) is 32.9 Å². The molecule has 0 unspecified atom stereocenters. The molecule has 8 heteroatoms. The minimum Gasteiger partial charge on any atom is -0.447 e. The molecule has 0 saturated carbocycles. The fourth-order valence-corrected chi connectivity index (χ4v) is 3.16. The van der Waals surface area contributed by atoms with Gasteiger partial charge in [0.2, 0.25) is 16.6 Å². The fraction of sp³-hybridized carbons (Fsp3) is 0.235. The highest BCUT2D eigenvalue weighted by atomic mass is 32.1. The number of aromatic nitrogens is 3. The van der Waals surface area contributed by atoms with Crippen LogP contribution < -0.4 is 11.2 Å². The SMILES string of the molecule is Cc1cc(C)c(C(=O)Cn2nc(N)n(Nc3ccco3)c2=S)c(C)c1. The molecule has 0 fully saturated rings. The molecule has 0 radical (unpaired) electrons.